The molecule has 0 unspecified atom stereocenters. The van der Waals surface area contributed by atoms with Crippen LogP contribution in [0.15, 0.2) is 29.2 Å². The highest BCUT2D eigenvalue weighted by Crippen LogP contribution is 2.18. The van der Waals surface area contributed by atoms with Gasteiger partial charge in [0.05, 0.1) is 16.5 Å². The average Bonchev–Trinajstić information content (AvgIpc) is 2.36. The van der Waals surface area contributed by atoms with Crippen molar-refractivity contribution in [3.05, 3.63) is 46.2 Å². The SMILES string of the molecule is Cc1cc(Cl)nc(NS(=O)(=O)c2ccc(C#N)c(C)c2)n1. The summed E-state index contributed by atoms with van der Waals surface area (Å²) in [4.78, 5) is 7.80. The van der Waals surface area contributed by atoms with E-state index in [4.69, 9.17) is 16.9 Å². The molecule has 0 aliphatic heterocycles. The first-order valence-corrected chi connectivity index (χ1v) is 7.73. The maximum Gasteiger partial charge on any atom is 0.264 e. The van der Waals surface area contributed by atoms with Gasteiger partial charge < -0.3 is 0 Å². The molecule has 0 amide bonds. The van der Waals surface area contributed by atoms with E-state index >= 15 is 0 Å². The van der Waals surface area contributed by atoms with Gasteiger partial charge in [0.15, 0.2) is 0 Å². The van der Waals surface area contributed by atoms with E-state index in [0.29, 0.717) is 16.8 Å². The number of aryl methyl sites for hydroxylation is 2. The number of nitrogens with one attached hydrogen (secondary N) is 1. The largest absolute Gasteiger partial charge is 0.264 e. The maximum atomic E-state index is 12.3. The van der Waals surface area contributed by atoms with E-state index in [9.17, 15) is 8.42 Å². The van der Waals surface area contributed by atoms with Gasteiger partial charge in [-0.15, -0.1) is 0 Å². The zero-order valence-electron chi connectivity index (χ0n) is 11.3. The van der Waals surface area contributed by atoms with Gasteiger partial charge in [-0.25, -0.2) is 23.1 Å². The summed E-state index contributed by atoms with van der Waals surface area (Å²) in [5, 5.41) is 9.01. The predicted octanol–water partition coefficient (Wildman–Crippen LogP) is 2.42. The summed E-state index contributed by atoms with van der Waals surface area (Å²) in [6.45, 7) is 3.34. The molecule has 1 N–H and O–H groups in total. The Hall–Kier alpha value is -2.17. The third-order valence-corrected chi connectivity index (χ3v) is 4.20. The van der Waals surface area contributed by atoms with Crippen molar-refractivity contribution in [1.29, 1.82) is 5.26 Å². The second-order valence-electron chi connectivity index (χ2n) is 4.35. The molecule has 1 aromatic heterocycles. The Bertz CT molecular complexity index is 823. The molecular formula is C13H11ClN4O2S. The number of benzene rings is 1. The summed E-state index contributed by atoms with van der Waals surface area (Å²) < 4.78 is 26.8. The lowest BCUT2D eigenvalue weighted by molar-refractivity contribution is 0.600. The molecule has 0 aliphatic rings. The molecule has 21 heavy (non-hydrogen) atoms. The molecule has 1 heterocycles. The lowest BCUT2D eigenvalue weighted by Crippen LogP contribution is -2.15. The normalized spacial score (nSPS) is 11.0. The van der Waals surface area contributed by atoms with Gasteiger partial charge in [-0.1, -0.05) is 11.6 Å². The number of aromatic nitrogens is 2. The Labute approximate surface area is 127 Å². The van der Waals surface area contributed by atoms with Crippen LogP contribution in [0.5, 0.6) is 0 Å². The summed E-state index contributed by atoms with van der Waals surface area (Å²) in [5.74, 6) is -0.0954. The quantitative estimate of drug-likeness (QED) is 0.875. The standard InChI is InChI=1S/C13H11ClN4O2S/c1-8-5-11(4-3-10(8)7-15)21(19,20)18-13-16-9(2)6-12(14)17-13/h3-6H,1-2H3,(H,16,17,18). The fourth-order valence-corrected chi connectivity index (χ4v) is 2.95. The Kier molecular flexibility index (Phi) is 4.11. The van der Waals surface area contributed by atoms with E-state index in [0.717, 1.165) is 0 Å². The van der Waals surface area contributed by atoms with Gasteiger partial charge in [0, 0.05) is 5.69 Å². The molecule has 0 fully saturated rings. The second-order valence-corrected chi connectivity index (χ2v) is 6.42. The first kappa shape index (κ1) is 15.2. The average molecular weight is 323 g/mol. The molecule has 0 atom stereocenters. The third kappa shape index (κ3) is 3.48. The van der Waals surface area contributed by atoms with Crippen LogP contribution in [0.25, 0.3) is 0 Å². The van der Waals surface area contributed by atoms with Crippen LogP contribution >= 0.6 is 11.6 Å². The molecule has 0 bridgehead atoms. The Morgan fingerprint density at radius 3 is 2.52 bits per heavy atom. The van der Waals surface area contributed by atoms with Gasteiger partial charge in [0.1, 0.15) is 5.15 Å². The van der Waals surface area contributed by atoms with E-state index in [1.807, 2.05) is 6.07 Å². The monoisotopic (exact) mass is 322 g/mol. The van der Waals surface area contributed by atoms with E-state index in [1.54, 1.807) is 13.8 Å². The first-order chi connectivity index (χ1) is 9.81. The molecule has 1 aromatic carbocycles. The van der Waals surface area contributed by atoms with Gasteiger partial charge >= 0.3 is 0 Å². The van der Waals surface area contributed by atoms with Crippen LogP contribution in [0, 0.1) is 25.2 Å². The van der Waals surface area contributed by atoms with Gasteiger partial charge in [0.2, 0.25) is 5.95 Å². The van der Waals surface area contributed by atoms with Crippen molar-refractivity contribution in [3.8, 4) is 6.07 Å². The van der Waals surface area contributed by atoms with Crippen molar-refractivity contribution >= 4 is 27.6 Å². The fraction of sp³-hybridized carbons (Fsp3) is 0.154. The Morgan fingerprint density at radius 1 is 1.24 bits per heavy atom. The zero-order valence-corrected chi connectivity index (χ0v) is 12.8. The lowest BCUT2D eigenvalue weighted by atomic mass is 10.1. The number of nitrogens with zero attached hydrogens (tertiary/aromatic N) is 3. The minimum Gasteiger partial charge on any atom is -0.247 e. The molecule has 108 valence electrons. The molecule has 2 rings (SSSR count). The van der Waals surface area contributed by atoms with Crippen LogP contribution in [0.2, 0.25) is 5.15 Å². The van der Waals surface area contributed by atoms with Crippen molar-refractivity contribution in [2.45, 2.75) is 18.7 Å². The molecule has 2 aromatic rings. The van der Waals surface area contributed by atoms with Crippen LogP contribution in [0.1, 0.15) is 16.8 Å². The smallest absolute Gasteiger partial charge is 0.247 e. The summed E-state index contributed by atoms with van der Waals surface area (Å²) in [6, 6.07) is 7.72. The summed E-state index contributed by atoms with van der Waals surface area (Å²) in [7, 11) is -3.84. The van der Waals surface area contributed by atoms with Gasteiger partial charge in [0.25, 0.3) is 10.0 Å². The first-order valence-electron chi connectivity index (χ1n) is 5.86. The number of anilines is 1. The highest BCUT2D eigenvalue weighted by atomic mass is 35.5. The van der Waals surface area contributed by atoms with Crippen molar-refractivity contribution in [2.24, 2.45) is 0 Å². The third-order valence-electron chi connectivity index (χ3n) is 2.68. The van der Waals surface area contributed by atoms with Crippen molar-refractivity contribution in [3.63, 3.8) is 0 Å². The van der Waals surface area contributed by atoms with E-state index < -0.39 is 10.0 Å². The molecule has 0 aliphatic carbocycles. The van der Waals surface area contributed by atoms with Crippen LogP contribution in [0.4, 0.5) is 5.95 Å². The second kappa shape index (κ2) is 5.68. The topological polar surface area (TPSA) is 95.7 Å². The molecule has 0 spiro atoms. The van der Waals surface area contributed by atoms with Crippen molar-refractivity contribution in [2.75, 3.05) is 4.72 Å². The van der Waals surface area contributed by atoms with Crippen molar-refractivity contribution in [1.82, 2.24) is 9.97 Å². The molecule has 0 radical (unpaired) electrons. The van der Waals surface area contributed by atoms with E-state index in [-0.39, 0.29) is 16.0 Å². The van der Waals surface area contributed by atoms with Crippen LogP contribution in [0.3, 0.4) is 0 Å². The molecule has 6 nitrogen and oxygen atoms in total. The van der Waals surface area contributed by atoms with Crippen LogP contribution in [-0.2, 0) is 10.0 Å². The number of rotatable bonds is 3. The van der Waals surface area contributed by atoms with Crippen LogP contribution in [-0.4, -0.2) is 18.4 Å². The number of sulfonamides is 1. The number of halogens is 1. The minimum absolute atomic E-state index is 0.0280. The zero-order chi connectivity index (χ0) is 15.6. The summed E-state index contributed by atoms with van der Waals surface area (Å²) in [6.07, 6.45) is 0. The Balaban J connectivity index is 2.39. The van der Waals surface area contributed by atoms with Crippen molar-refractivity contribution < 1.29 is 8.42 Å². The highest BCUT2D eigenvalue weighted by molar-refractivity contribution is 7.92. The molecular weight excluding hydrogens is 312 g/mol. The number of hydrogen-bond acceptors (Lipinski definition) is 5. The number of nitriles is 1. The van der Waals surface area contributed by atoms with Gasteiger partial charge in [-0.2, -0.15) is 5.26 Å². The predicted molar refractivity (Wildman–Crippen MR) is 78.5 cm³/mol. The van der Waals surface area contributed by atoms with E-state index in [2.05, 4.69) is 14.7 Å². The van der Waals surface area contributed by atoms with E-state index in [1.165, 1.54) is 24.3 Å². The summed E-state index contributed by atoms with van der Waals surface area (Å²) in [5.41, 5.74) is 1.54. The maximum absolute atomic E-state index is 12.3. The van der Waals surface area contributed by atoms with Gasteiger partial charge in [-0.3, -0.25) is 0 Å². The molecule has 0 saturated carbocycles. The fourth-order valence-electron chi connectivity index (χ4n) is 1.68. The molecule has 0 saturated heterocycles. The Morgan fingerprint density at radius 2 is 1.95 bits per heavy atom. The summed E-state index contributed by atoms with van der Waals surface area (Å²) >= 11 is 5.77. The van der Waals surface area contributed by atoms with Gasteiger partial charge in [-0.05, 0) is 43.7 Å². The van der Waals surface area contributed by atoms with Crippen LogP contribution < -0.4 is 4.72 Å². The highest BCUT2D eigenvalue weighted by Gasteiger charge is 2.17. The molecule has 8 heteroatoms. The lowest BCUT2D eigenvalue weighted by Gasteiger charge is -2.08. The minimum atomic E-state index is -3.84. The number of hydrogen-bond donors (Lipinski definition) is 1.